The van der Waals surface area contributed by atoms with E-state index in [1.807, 2.05) is 4.98 Å². The Bertz CT molecular complexity index is 802. The molecule has 0 aliphatic carbocycles. The Morgan fingerprint density at radius 1 is 1.13 bits per heavy atom. The van der Waals surface area contributed by atoms with Crippen LogP contribution in [0.5, 0.6) is 0 Å². The summed E-state index contributed by atoms with van der Waals surface area (Å²) in [6.07, 6.45) is -3.44. The minimum absolute atomic E-state index is 0.0271. The largest absolute Gasteiger partial charge is 0.413 e. The van der Waals surface area contributed by atoms with Crippen LogP contribution in [0.1, 0.15) is 5.69 Å². The lowest BCUT2D eigenvalue weighted by atomic mass is 10.1. The maximum atomic E-state index is 11.8. The van der Waals surface area contributed by atoms with Crippen molar-refractivity contribution in [1.82, 2.24) is 15.0 Å². The van der Waals surface area contributed by atoms with Gasteiger partial charge in [-0.3, -0.25) is 9.78 Å². The van der Waals surface area contributed by atoms with Gasteiger partial charge in [-0.25, -0.2) is 14.3 Å². The first kappa shape index (κ1) is 17.2. The van der Waals surface area contributed by atoms with Gasteiger partial charge in [-0.15, -0.1) is 0 Å². The number of aliphatic hydroxyl groups excluding tert-OH is 5. The van der Waals surface area contributed by atoms with Gasteiger partial charge in [0.25, 0.3) is 5.56 Å². The van der Waals surface area contributed by atoms with Crippen molar-refractivity contribution in [2.45, 2.75) is 31.5 Å². The van der Waals surface area contributed by atoms with Crippen molar-refractivity contribution in [3.05, 3.63) is 32.7 Å². The van der Waals surface area contributed by atoms with Crippen molar-refractivity contribution in [3.8, 4) is 0 Å². The third-order valence-corrected chi connectivity index (χ3v) is 3.27. The van der Waals surface area contributed by atoms with E-state index >= 15 is 0 Å². The molecule has 0 unspecified atom stereocenters. The van der Waals surface area contributed by atoms with Crippen LogP contribution in [0.2, 0.25) is 0 Å². The van der Waals surface area contributed by atoms with Crippen LogP contribution in [0.3, 0.4) is 0 Å². The first-order chi connectivity index (χ1) is 10.9. The fraction of sp³-hybridized carbons (Fsp3) is 0.500. The van der Waals surface area contributed by atoms with E-state index in [1.54, 1.807) is 0 Å². The molecule has 0 bridgehead atoms. The van der Waals surface area contributed by atoms with Gasteiger partial charge in [0.15, 0.2) is 0 Å². The number of hydrogen-bond acceptors (Lipinski definition) is 8. The molecule has 2 aromatic rings. The highest BCUT2D eigenvalue weighted by atomic mass is 16.4. The number of nitrogens with one attached hydrogen (secondary N) is 2. The lowest BCUT2D eigenvalue weighted by molar-refractivity contribution is -0.682. The standard InChI is InChI=1S/C12H16N4O7/c17-3-5-1-16(2-6(19)9(21)7(20)4-18)10-8(13-5)11(22)15-12(23)14-10/h1,6-7,9,17-21H,2-4H2,(H,15,22,23)/p+1/t6-,7-,9+/m1/s1. The molecule has 11 heteroatoms. The lowest BCUT2D eigenvalue weighted by Crippen LogP contribution is -2.50. The summed E-state index contributed by atoms with van der Waals surface area (Å²) in [5.74, 6) is 0. The van der Waals surface area contributed by atoms with Crippen molar-refractivity contribution in [1.29, 1.82) is 0 Å². The fourth-order valence-electron chi connectivity index (χ4n) is 2.09. The van der Waals surface area contributed by atoms with Gasteiger partial charge in [-0.05, 0) is 0 Å². The number of aliphatic hydroxyl groups is 5. The average molecular weight is 329 g/mol. The summed E-state index contributed by atoms with van der Waals surface area (Å²) in [7, 11) is 0. The molecule has 0 aromatic carbocycles. The molecule has 23 heavy (non-hydrogen) atoms. The summed E-state index contributed by atoms with van der Waals surface area (Å²) in [5, 5.41) is 46.9. The number of nitrogens with zero attached hydrogens (tertiary/aromatic N) is 2. The second kappa shape index (κ2) is 6.93. The molecule has 0 amide bonds. The molecule has 0 aliphatic rings. The van der Waals surface area contributed by atoms with E-state index in [-0.39, 0.29) is 23.4 Å². The second-order valence-electron chi connectivity index (χ2n) is 4.96. The van der Waals surface area contributed by atoms with Gasteiger partial charge in [0.05, 0.1) is 13.2 Å². The van der Waals surface area contributed by atoms with Crippen LogP contribution in [0.15, 0.2) is 15.8 Å². The van der Waals surface area contributed by atoms with E-state index in [1.165, 1.54) is 10.8 Å². The van der Waals surface area contributed by atoms with E-state index in [4.69, 9.17) is 5.11 Å². The normalized spacial score (nSPS) is 15.5. The molecule has 0 saturated heterocycles. The van der Waals surface area contributed by atoms with Crippen LogP contribution in [0.4, 0.5) is 0 Å². The molecule has 2 heterocycles. The molecule has 0 fully saturated rings. The molecule has 11 nitrogen and oxygen atoms in total. The minimum Gasteiger partial charge on any atom is -0.394 e. The third-order valence-electron chi connectivity index (χ3n) is 3.27. The zero-order chi connectivity index (χ0) is 17.1. The number of aromatic nitrogens is 4. The Kier molecular flexibility index (Phi) is 5.18. The van der Waals surface area contributed by atoms with Crippen molar-refractivity contribution in [2.75, 3.05) is 6.61 Å². The van der Waals surface area contributed by atoms with Crippen LogP contribution < -0.4 is 15.8 Å². The van der Waals surface area contributed by atoms with Crippen molar-refractivity contribution < 1.29 is 30.1 Å². The number of H-pyrrole nitrogens is 2. The maximum Gasteiger partial charge on any atom is 0.413 e. The van der Waals surface area contributed by atoms with Crippen LogP contribution >= 0.6 is 0 Å². The summed E-state index contributed by atoms with van der Waals surface area (Å²) < 4.78 is 1.21. The van der Waals surface area contributed by atoms with Gasteiger partial charge in [0.2, 0.25) is 5.52 Å². The monoisotopic (exact) mass is 329 g/mol. The number of hydrogen-bond donors (Lipinski definition) is 7. The van der Waals surface area contributed by atoms with Crippen molar-refractivity contribution in [3.63, 3.8) is 0 Å². The molecule has 0 saturated carbocycles. The number of aromatic amines is 2. The maximum absolute atomic E-state index is 11.8. The van der Waals surface area contributed by atoms with Crippen molar-refractivity contribution in [2.24, 2.45) is 0 Å². The van der Waals surface area contributed by atoms with Crippen LogP contribution in [-0.2, 0) is 13.2 Å². The van der Waals surface area contributed by atoms with E-state index in [0.29, 0.717) is 0 Å². The second-order valence-corrected chi connectivity index (χ2v) is 4.96. The Balaban J connectivity index is 2.51. The van der Waals surface area contributed by atoms with E-state index in [9.17, 15) is 30.0 Å². The number of rotatable bonds is 6. The van der Waals surface area contributed by atoms with Gasteiger partial charge in [-0.2, -0.15) is 4.98 Å². The predicted molar refractivity (Wildman–Crippen MR) is 74.2 cm³/mol. The highest BCUT2D eigenvalue weighted by Gasteiger charge is 2.27. The summed E-state index contributed by atoms with van der Waals surface area (Å²) >= 11 is 0. The summed E-state index contributed by atoms with van der Waals surface area (Å²) in [6.45, 7) is -1.57. The Hall–Kier alpha value is -2.18. The molecule has 0 aliphatic heterocycles. The molecule has 7 N–H and O–H groups in total. The van der Waals surface area contributed by atoms with Crippen LogP contribution in [0, 0.1) is 0 Å². The van der Waals surface area contributed by atoms with Gasteiger partial charge in [0.1, 0.15) is 36.7 Å². The SMILES string of the molecule is O=c1[nH]c(=O)c2nc(CO)c[n+](C[C@@H](O)[C@H](O)[C@H](O)CO)c2[nH]1. The first-order valence-electron chi connectivity index (χ1n) is 6.69. The topological polar surface area (TPSA) is 184 Å². The van der Waals surface area contributed by atoms with E-state index in [0.717, 1.165) is 0 Å². The Morgan fingerprint density at radius 2 is 1.83 bits per heavy atom. The Morgan fingerprint density at radius 3 is 2.43 bits per heavy atom. The number of fused-ring (bicyclic) bond motifs is 1. The molecular weight excluding hydrogens is 312 g/mol. The quantitative estimate of drug-likeness (QED) is 0.258. The molecule has 0 radical (unpaired) electrons. The lowest BCUT2D eigenvalue weighted by Gasteiger charge is -2.20. The fourth-order valence-corrected chi connectivity index (χ4v) is 2.09. The highest BCUT2D eigenvalue weighted by Crippen LogP contribution is 2.03. The Labute approximate surface area is 128 Å². The third kappa shape index (κ3) is 3.60. The minimum atomic E-state index is -1.65. The predicted octanol–water partition coefficient (Wildman–Crippen LogP) is -4.53. The molecular formula is C12H17N4O7+. The van der Waals surface area contributed by atoms with Crippen LogP contribution in [0.25, 0.3) is 11.2 Å². The average Bonchev–Trinajstić information content (AvgIpc) is 2.53. The molecule has 2 aromatic heterocycles. The molecule has 0 spiro atoms. The molecule has 3 atom stereocenters. The van der Waals surface area contributed by atoms with E-state index < -0.39 is 42.8 Å². The summed E-state index contributed by atoms with van der Waals surface area (Å²) in [6, 6.07) is 0. The van der Waals surface area contributed by atoms with Gasteiger partial charge < -0.3 is 25.5 Å². The van der Waals surface area contributed by atoms with Gasteiger partial charge in [-0.1, -0.05) is 0 Å². The zero-order valence-corrected chi connectivity index (χ0v) is 11.9. The molecule has 126 valence electrons. The van der Waals surface area contributed by atoms with Gasteiger partial charge >= 0.3 is 11.3 Å². The first-order valence-corrected chi connectivity index (χ1v) is 6.69. The summed E-state index contributed by atoms with van der Waals surface area (Å²) in [5.41, 5.74) is -1.67. The molecule has 2 rings (SSSR count). The van der Waals surface area contributed by atoms with Gasteiger partial charge in [0, 0.05) is 0 Å². The smallest absolute Gasteiger partial charge is 0.394 e. The van der Waals surface area contributed by atoms with Crippen LogP contribution in [-0.4, -0.2) is 65.4 Å². The summed E-state index contributed by atoms with van der Waals surface area (Å²) in [4.78, 5) is 31.4. The highest BCUT2D eigenvalue weighted by molar-refractivity contribution is 5.63. The van der Waals surface area contributed by atoms with Crippen molar-refractivity contribution >= 4 is 11.2 Å². The zero-order valence-electron chi connectivity index (χ0n) is 11.9. The van der Waals surface area contributed by atoms with E-state index in [2.05, 4.69) is 9.97 Å².